The number of benzene rings is 2. The Kier molecular flexibility index (Phi) is 5.83. The van der Waals surface area contributed by atoms with Gasteiger partial charge in [0.15, 0.2) is 0 Å². The monoisotopic (exact) mass is 400 g/mol. The Morgan fingerprint density at radius 1 is 1.15 bits per heavy atom. The molecule has 0 aliphatic rings. The molecule has 1 aromatic heterocycles. The average Bonchev–Trinajstić information content (AvgIpc) is 3.13. The van der Waals surface area contributed by atoms with E-state index >= 15 is 0 Å². The topological polar surface area (TPSA) is 67.2 Å². The molecule has 0 aliphatic carbocycles. The van der Waals surface area contributed by atoms with Crippen molar-refractivity contribution in [3.05, 3.63) is 71.5 Å². The molecule has 27 heavy (non-hydrogen) atoms. The maximum atomic E-state index is 12.4. The normalized spacial score (nSPS) is 10.5. The molecule has 1 heterocycles. The van der Waals surface area contributed by atoms with E-state index in [2.05, 4.69) is 10.4 Å². The number of hydrogen-bond acceptors (Lipinski definition) is 4. The molecular formula is C19H17ClN4O2S. The number of carbonyl (C=O) groups is 2. The molecule has 3 aromatic rings. The van der Waals surface area contributed by atoms with E-state index in [0.717, 1.165) is 22.3 Å². The number of anilines is 1. The quantitative estimate of drug-likeness (QED) is 0.652. The van der Waals surface area contributed by atoms with Crippen molar-refractivity contribution in [3.8, 4) is 5.69 Å². The minimum Gasteiger partial charge on any atom is -0.339 e. The van der Waals surface area contributed by atoms with Gasteiger partial charge in [0.2, 0.25) is 0 Å². The van der Waals surface area contributed by atoms with Gasteiger partial charge in [0.05, 0.1) is 17.4 Å². The van der Waals surface area contributed by atoms with Crippen molar-refractivity contribution in [2.24, 2.45) is 0 Å². The number of nitrogens with zero attached hydrogens (tertiary/aromatic N) is 3. The Bertz CT molecular complexity index is 970. The molecule has 2 aromatic carbocycles. The van der Waals surface area contributed by atoms with E-state index in [1.165, 1.54) is 11.1 Å². The molecule has 3 rings (SSSR count). The number of amides is 2. The van der Waals surface area contributed by atoms with Crippen LogP contribution in [0, 0.1) is 0 Å². The van der Waals surface area contributed by atoms with Crippen LogP contribution in [0.4, 0.5) is 10.5 Å². The van der Waals surface area contributed by atoms with Crippen molar-refractivity contribution in [3.63, 3.8) is 0 Å². The van der Waals surface area contributed by atoms with Crippen molar-refractivity contribution in [2.75, 3.05) is 19.4 Å². The van der Waals surface area contributed by atoms with Crippen molar-refractivity contribution in [2.45, 2.75) is 4.90 Å². The van der Waals surface area contributed by atoms with Crippen LogP contribution >= 0.6 is 23.4 Å². The number of hydrogen-bond donors (Lipinski definition) is 1. The second kappa shape index (κ2) is 8.28. The highest BCUT2D eigenvalue weighted by Crippen LogP contribution is 2.23. The van der Waals surface area contributed by atoms with Crippen molar-refractivity contribution in [1.29, 1.82) is 0 Å². The molecule has 0 atom stereocenters. The summed E-state index contributed by atoms with van der Waals surface area (Å²) in [5.41, 5.74) is 1.84. The molecule has 8 heteroatoms. The van der Waals surface area contributed by atoms with E-state index in [9.17, 15) is 9.59 Å². The minimum atomic E-state index is -0.270. The predicted octanol–water partition coefficient (Wildman–Crippen LogP) is 4.55. The molecular weight excluding hydrogens is 384 g/mol. The van der Waals surface area contributed by atoms with E-state index in [-0.39, 0.29) is 11.1 Å². The van der Waals surface area contributed by atoms with Gasteiger partial charge in [0.1, 0.15) is 0 Å². The summed E-state index contributed by atoms with van der Waals surface area (Å²) in [5.74, 6) is -0.270. The molecule has 0 saturated carbocycles. The number of halogens is 1. The lowest BCUT2D eigenvalue weighted by atomic mass is 10.3. The first-order valence-electron chi connectivity index (χ1n) is 8.03. The fourth-order valence-electron chi connectivity index (χ4n) is 2.20. The second-order valence-electron chi connectivity index (χ2n) is 5.89. The first-order chi connectivity index (χ1) is 12.9. The summed E-state index contributed by atoms with van der Waals surface area (Å²) in [6, 6.07) is 14.3. The lowest BCUT2D eigenvalue weighted by Gasteiger charge is -2.09. The van der Waals surface area contributed by atoms with Crippen LogP contribution < -0.4 is 5.32 Å². The van der Waals surface area contributed by atoms with Gasteiger partial charge in [-0.1, -0.05) is 17.7 Å². The van der Waals surface area contributed by atoms with E-state index in [4.69, 9.17) is 11.6 Å². The largest absolute Gasteiger partial charge is 0.339 e. The van der Waals surface area contributed by atoms with Crippen LogP contribution in [-0.4, -0.2) is 39.9 Å². The molecule has 0 fully saturated rings. The van der Waals surface area contributed by atoms with Crippen LogP contribution in [0.3, 0.4) is 0 Å². The zero-order valence-corrected chi connectivity index (χ0v) is 16.3. The van der Waals surface area contributed by atoms with Crippen LogP contribution in [-0.2, 0) is 0 Å². The molecule has 0 spiro atoms. The third kappa shape index (κ3) is 4.90. The van der Waals surface area contributed by atoms with Gasteiger partial charge in [-0.15, -0.1) is 0 Å². The van der Waals surface area contributed by atoms with E-state index in [0.29, 0.717) is 16.3 Å². The van der Waals surface area contributed by atoms with E-state index < -0.39 is 0 Å². The van der Waals surface area contributed by atoms with Gasteiger partial charge < -0.3 is 10.2 Å². The summed E-state index contributed by atoms with van der Waals surface area (Å²) in [6.07, 6.45) is 3.14. The highest BCUT2D eigenvalue weighted by Gasteiger charge is 2.11. The summed E-state index contributed by atoms with van der Waals surface area (Å²) in [6.45, 7) is 0. The van der Waals surface area contributed by atoms with Crippen LogP contribution in [0.25, 0.3) is 5.69 Å². The van der Waals surface area contributed by atoms with Crippen molar-refractivity contribution in [1.82, 2.24) is 14.7 Å². The molecule has 0 bridgehead atoms. The van der Waals surface area contributed by atoms with E-state index in [1.807, 2.05) is 12.1 Å². The highest BCUT2D eigenvalue weighted by atomic mass is 35.5. The Labute approximate surface area is 166 Å². The third-order valence-electron chi connectivity index (χ3n) is 3.60. The number of thioether (sulfide) groups is 1. The van der Waals surface area contributed by atoms with Crippen LogP contribution in [0.1, 0.15) is 10.4 Å². The van der Waals surface area contributed by atoms with Crippen LogP contribution in [0.15, 0.2) is 65.8 Å². The van der Waals surface area contributed by atoms with Gasteiger partial charge >= 0.3 is 0 Å². The molecule has 1 N–H and O–H groups in total. The summed E-state index contributed by atoms with van der Waals surface area (Å²) < 4.78 is 1.59. The third-order valence-corrected chi connectivity index (χ3v) is 4.88. The van der Waals surface area contributed by atoms with Crippen molar-refractivity contribution < 1.29 is 9.59 Å². The smallest absolute Gasteiger partial charge is 0.285 e. The van der Waals surface area contributed by atoms with Crippen molar-refractivity contribution >= 4 is 40.2 Å². The fraction of sp³-hybridized carbons (Fsp3) is 0.105. The van der Waals surface area contributed by atoms with E-state index in [1.54, 1.807) is 61.4 Å². The second-order valence-corrected chi connectivity index (χ2v) is 7.36. The highest BCUT2D eigenvalue weighted by molar-refractivity contribution is 8.13. The SMILES string of the molecule is CN(C)C(=O)Sc1ccc(NC(=O)c2cnn(-c3cccc(Cl)c3)c2)cc1. The molecule has 0 aliphatic heterocycles. The van der Waals surface area contributed by atoms with Gasteiger partial charge in [0, 0.05) is 35.9 Å². The molecule has 0 unspecified atom stereocenters. The Balaban J connectivity index is 1.66. The summed E-state index contributed by atoms with van der Waals surface area (Å²) in [4.78, 5) is 26.4. The molecule has 0 saturated heterocycles. The number of rotatable bonds is 4. The summed E-state index contributed by atoms with van der Waals surface area (Å²) >= 11 is 7.11. The standard InChI is InChI=1S/C19H17ClN4O2S/c1-23(2)19(26)27-17-8-6-15(7-9-17)22-18(25)13-11-21-24(12-13)16-5-3-4-14(20)10-16/h3-12H,1-2H3,(H,22,25). The zero-order chi connectivity index (χ0) is 19.4. The molecule has 6 nitrogen and oxygen atoms in total. The molecule has 0 radical (unpaired) electrons. The van der Waals surface area contributed by atoms with Gasteiger partial charge in [-0.05, 0) is 54.2 Å². The van der Waals surface area contributed by atoms with Crippen LogP contribution in [0.2, 0.25) is 5.02 Å². The summed E-state index contributed by atoms with van der Waals surface area (Å²) in [7, 11) is 3.40. The van der Waals surface area contributed by atoms with Gasteiger partial charge in [-0.3, -0.25) is 9.59 Å². The van der Waals surface area contributed by atoms with Gasteiger partial charge in [-0.25, -0.2) is 4.68 Å². The first kappa shape index (κ1) is 19.0. The lowest BCUT2D eigenvalue weighted by molar-refractivity contribution is 0.102. The van der Waals surface area contributed by atoms with Gasteiger partial charge in [0.25, 0.3) is 11.1 Å². The van der Waals surface area contributed by atoms with Gasteiger partial charge in [-0.2, -0.15) is 5.10 Å². The maximum absolute atomic E-state index is 12.4. The molecule has 2 amide bonds. The number of aromatic nitrogens is 2. The number of carbonyl (C=O) groups excluding carboxylic acids is 2. The molecule has 138 valence electrons. The Morgan fingerprint density at radius 3 is 2.56 bits per heavy atom. The lowest BCUT2D eigenvalue weighted by Crippen LogP contribution is -2.16. The Hall–Kier alpha value is -2.77. The Morgan fingerprint density at radius 2 is 1.89 bits per heavy atom. The average molecular weight is 401 g/mol. The minimum absolute atomic E-state index is 0.0554. The van der Waals surface area contributed by atoms with Crippen LogP contribution in [0.5, 0.6) is 0 Å². The predicted molar refractivity (Wildman–Crippen MR) is 108 cm³/mol. The first-order valence-corrected chi connectivity index (χ1v) is 9.23. The maximum Gasteiger partial charge on any atom is 0.285 e. The fourth-order valence-corrected chi connectivity index (χ4v) is 3.04. The number of nitrogens with one attached hydrogen (secondary N) is 1. The summed E-state index contributed by atoms with van der Waals surface area (Å²) in [5, 5.41) is 7.56. The zero-order valence-electron chi connectivity index (χ0n) is 14.7.